The lowest BCUT2D eigenvalue weighted by molar-refractivity contribution is -0.0402. The average Bonchev–Trinajstić information content (AvgIpc) is 2.63. The fraction of sp³-hybridized carbons (Fsp3) is 0.318. The van der Waals surface area contributed by atoms with E-state index in [1.54, 1.807) is 0 Å². The molecule has 25 heavy (non-hydrogen) atoms. The highest BCUT2D eigenvalue weighted by Gasteiger charge is 2.34. The molecule has 2 bridgehead atoms. The van der Waals surface area contributed by atoms with Gasteiger partial charge in [-0.2, -0.15) is 5.26 Å². The van der Waals surface area contributed by atoms with E-state index in [0.29, 0.717) is 18.5 Å². The van der Waals surface area contributed by atoms with Crippen molar-refractivity contribution in [2.45, 2.75) is 31.5 Å². The van der Waals surface area contributed by atoms with Crippen LogP contribution in [0.15, 0.2) is 60.7 Å². The zero-order chi connectivity index (χ0) is 17.1. The number of nitriles is 1. The standard InChI is InChI=1S/C22H22N2O/c23-11-10-17-6-8-19(9-7-17)20-12-21-15-25-16-22(13-20)24(21)14-18-4-2-1-3-5-18/h1-9,12,21-22H,10,13-16H2. The van der Waals surface area contributed by atoms with Crippen molar-refractivity contribution < 1.29 is 4.74 Å². The molecule has 2 heterocycles. The molecule has 0 saturated carbocycles. The molecule has 0 radical (unpaired) electrons. The normalized spacial score (nSPS) is 22.9. The summed E-state index contributed by atoms with van der Waals surface area (Å²) < 4.78 is 5.82. The summed E-state index contributed by atoms with van der Waals surface area (Å²) >= 11 is 0. The second-order valence-electron chi connectivity index (χ2n) is 6.84. The molecule has 0 amide bonds. The van der Waals surface area contributed by atoms with E-state index in [-0.39, 0.29) is 0 Å². The van der Waals surface area contributed by atoms with Crippen LogP contribution in [0.3, 0.4) is 0 Å². The van der Waals surface area contributed by atoms with Crippen LogP contribution in [-0.2, 0) is 17.7 Å². The maximum Gasteiger partial charge on any atom is 0.0669 e. The lowest BCUT2D eigenvalue weighted by atomic mass is 9.89. The summed E-state index contributed by atoms with van der Waals surface area (Å²) in [4.78, 5) is 2.58. The monoisotopic (exact) mass is 330 g/mol. The molecule has 126 valence electrons. The lowest BCUT2D eigenvalue weighted by Gasteiger charge is -2.44. The van der Waals surface area contributed by atoms with Crippen molar-refractivity contribution in [2.75, 3.05) is 13.2 Å². The molecule has 0 spiro atoms. The zero-order valence-electron chi connectivity index (χ0n) is 14.3. The summed E-state index contributed by atoms with van der Waals surface area (Å²) in [5.74, 6) is 0. The first-order valence-electron chi connectivity index (χ1n) is 8.88. The molecule has 2 aromatic rings. The first kappa shape index (κ1) is 16.1. The Labute approximate surface area is 149 Å². The summed E-state index contributed by atoms with van der Waals surface area (Å²) in [5, 5.41) is 8.82. The van der Waals surface area contributed by atoms with E-state index in [2.05, 4.69) is 71.6 Å². The van der Waals surface area contributed by atoms with Crippen molar-refractivity contribution in [1.29, 1.82) is 5.26 Å². The minimum atomic E-state index is 0.335. The van der Waals surface area contributed by atoms with Gasteiger partial charge in [0, 0.05) is 12.6 Å². The van der Waals surface area contributed by atoms with Gasteiger partial charge in [-0.05, 0) is 28.7 Å². The van der Waals surface area contributed by atoms with Gasteiger partial charge in [-0.15, -0.1) is 0 Å². The Kier molecular flexibility index (Phi) is 4.65. The molecule has 4 rings (SSSR count). The van der Waals surface area contributed by atoms with E-state index in [1.165, 1.54) is 16.7 Å². The van der Waals surface area contributed by atoms with Gasteiger partial charge in [-0.25, -0.2) is 0 Å². The Morgan fingerprint density at radius 1 is 1.00 bits per heavy atom. The third-order valence-electron chi connectivity index (χ3n) is 5.16. The van der Waals surface area contributed by atoms with Gasteiger partial charge in [0.15, 0.2) is 0 Å². The zero-order valence-corrected chi connectivity index (χ0v) is 14.3. The number of hydrogen-bond donors (Lipinski definition) is 0. The van der Waals surface area contributed by atoms with E-state index < -0.39 is 0 Å². The second-order valence-corrected chi connectivity index (χ2v) is 6.84. The van der Waals surface area contributed by atoms with E-state index in [4.69, 9.17) is 10.00 Å². The van der Waals surface area contributed by atoms with Gasteiger partial charge < -0.3 is 4.74 Å². The van der Waals surface area contributed by atoms with Crippen molar-refractivity contribution in [3.05, 3.63) is 77.4 Å². The van der Waals surface area contributed by atoms with Crippen molar-refractivity contribution in [3.8, 4) is 6.07 Å². The molecule has 0 N–H and O–H groups in total. The van der Waals surface area contributed by atoms with E-state index in [1.807, 2.05) is 0 Å². The molecular weight excluding hydrogens is 308 g/mol. The number of nitrogens with zero attached hydrogens (tertiary/aromatic N) is 2. The molecule has 3 nitrogen and oxygen atoms in total. The first-order valence-corrected chi connectivity index (χ1v) is 8.88. The quantitative estimate of drug-likeness (QED) is 0.855. The number of ether oxygens (including phenoxy) is 1. The van der Waals surface area contributed by atoms with Crippen LogP contribution in [0.4, 0.5) is 0 Å². The Hall–Kier alpha value is -2.41. The van der Waals surface area contributed by atoms with E-state index >= 15 is 0 Å². The van der Waals surface area contributed by atoms with Gasteiger partial charge in [0.25, 0.3) is 0 Å². The highest BCUT2D eigenvalue weighted by Crippen LogP contribution is 2.33. The third-order valence-corrected chi connectivity index (χ3v) is 5.16. The van der Waals surface area contributed by atoms with Crippen LogP contribution in [0.1, 0.15) is 23.1 Å². The van der Waals surface area contributed by atoms with Crippen LogP contribution in [0.5, 0.6) is 0 Å². The summed E-state index contributed by atoms with van der Waals surface area (Å²) in [6.07, 6.45) is 3.86. The van der Waals surface area contributed by atoms with Crippen molar-refractivity contribution in [3.63, 3.8) is 0 Å². The first-order chi connectivity index (χ1) is 12.3. The molecule has 2 atom stereocenters. The van der Waals surface area contributed by atoms with Gasteiger partial charge in [0.1, 0.15) is 0 Å². The average molecular weight is 330 g/mol. The molecule has 2 unspecified atom stereocenters. The number of rotatable bonds is 4. The Morgan fingerprint density at radius 2 is 1.80 bits per heavy atom. The molecule has 1 fully saturated rings. The van der Waals surface area contributed by atoms with Gasteiger partial charge in [0.2, 0.25) is 0 Å². The van der Waals surface area contributed by atoms with Crippen LogP contribution in [-0.4, -0.2) is 30.2 Å². The van der Waals surface area contributed by atoms with Crippen molar-refractivity contribution in [2.24, 2.45) is 0 Å². The van der Waals surface area contributed by atoms with E-state index in [0.717, 1.165) is 31.7 Å². The minimum Gasteiger partial charge on any atom is -0.378 e. The maximum atomic E-state index is 8.82. The smallest absolute Gasteiger partial charge is 0.0669 e. The SMILES string of the molecule is N#CCc1ccc(C2=CC3COCC(C2)N3Cc2ccccc2)cc1. The fourth-order valence-electron chi connectivity index (χ4n) is 3.84. The van der Waals surface area contributed by atoms with Gasteiger partial charge in [0.05, 0.1) is 31.7 Å². The topological polar surface area (TPSA) is 36.3 Å². The predicted molar refractivity (Wildman–Crippen MR) is 98.7 cm³/mol. The van der Waals surface area contributed by atoms with Crippen molar-refractivity contribution in [1.82, 2.24) is 4.90 Å². The molecule has 2 aliphatic rings. The summed E-state index contributed by atoms with van der Waals surface area (Å²) in [6.45, 7) is 2.54. The number of benzene rings is 2. The van der Waals surface area contributed by atoms with Crippen LogP contribution in [0, 0.1) is 11.3 Å². The number of fused-ring (bicyclic) bond motifs is 2. The van der Waals surface area contributed by atoms with Crippen LogP contribution < -0.4 is 0 Å². The van der Waals surface area contributed by atoms with Gasteiger partial charge >= 0.3 is 0 Å². The fourth-order valence-corrected chi connectivity index (χ4v) is 3.84. The number of hydrogen-bond acceptors (Lipinski definition) is 3. The highest BCUT2D eigenvalue weighted by molar-refractivity contribution is 5.68. The third kappa shape index (κ3) is 3.51. The maximum absolute atomic E-state index is 8.82. The molecular formula is C22H22N2O. The number of morpholine rings is 1. The Morgan fingerprint density at radius 3 is 2.52 bits per heavy atom. The lowest BCUT2D eigenvalue weighted by Crippen LogP contribution is -2.53. The highest BCUT2D eigenvalue weighted by atomic mass is 16.5. The molecule has 0 aliphatic carbocycles. The Balaban J connectivity index is 1.55. The Bertz CT molecular complexity index is 789. The van der Waals surface area contributed by atoms with Crippen molar-refractivity contribution >= 4 is 5.57 Å². The van der Waals surface area contributed by atoms with Gasteiger partial charge in [-0.3, -0.25) is 4.90 Å². The summed E-state index contributed by atoms with van der Waals surface area (Å²) in [5.41, 5.74) is 5.12. The minimum absolute atomic E-state index is 0.335. The van der Waals surface area contributed by atoms with Crippen LogP contribution in [0.25, 0.3) is 5.57 Å². The van der Waals surface area contributed by atoms with E-state index in [9.17, 15) is 0 Å². The second kappa shape index (κ2) is 7.23. The largest absolute Gasteiger partial charge is 0.378 e. The molecule has 0 aromatic heterocycles. The summed E-state index contributed by atoms with van der Waals surface area (Å²) in [7, 11) is 0. The van der Waals surface area contributed by atoms with Gasteiger partial charge in [-0.1, -0.05) is 60.7 Å². The molecule has 2 aromatic carbocycles. The molecule has 1 saturated heterocycles. The molecule has 3 heteroatoms. The molecule has 2 aliphatic heterocycles. The van der Waals surface area contributed by atoms with Crippen LogP contribution in [0.2, 0.25) is 0 Å². The summed E-state index contributed by atoms with van der Waals surface area (Å²) in [6, 6.07) is 22.1. The van der Waals surface area contributed by atoms with Crippen LogP contribution >= 0.6 is 0 Å². The predicted octanol–water partition coefficient (Wildman–Crippen LogP) is 3.81.